The average Bonchev–Trinajstić information content (AvgIpc) is 3.45. The Bertz CT molecular complexity index is 1160. The first-order valence-corrected chi connectivity index (χ1v) is 11.2. The second kappa shape index (κ2) is 8.62. The van der Waals surface area contributed by atoms with Crippen LogP contribution in [0.3, 0.4) is 0 Å². The number of carbonyl (C=O) groups excluding carboxylic acids is 1. The molecule has 1 aliphatic carbocycles. The van der Waals surface area contributed by atoms with Crippen LogP contribution in [0.4, 0.5) is 18.9 Å². The van der Waals surface area contributed by atoms with Gasteiger partial charge >= 0.3 is 6.18 Å². The van der Waals surface area contributed by atoms with E-state index in [2.05, 4.69) is 20.7 Å². The van der Waals surface area contributed by atoms with Crippen molar-refractivity contribution in [2.24, 2.45) is 0 Å². The summed E-state index contributed by atoms with van der Waals surface area (Å²) in [5, 5.41) is 20.0. The highest BCUT2D eigenvalue weighted by Crippen LogP contribution is 2.29. The summed E-state index contributed by atoms with van der Waals surface area (Å²) in [4.78, 5) is 16.7. The minimum Gasteiger partial charge on any atom is -0.382 e. The highest BCUT2D eigenvalue weighted by Gasteiger charge is 2.38. The zero-order valence-corrected chi connectivity index (χ0v) is 18.2. The molecule has 4 rings (SSSR count). The smallest absolute Gasteiger partial charge is 0.382 e. The predicted molar refractivity (Wildman–Crippen MR) is 116 cm³/mol. The second-order valence-corrected chi connectivity index (χ2v) is 8.52. The van der Waals surface area contributed by atoms with Crippen LogP contribution < -0.4 is 10.6 Å². The molecule has 1 fully saturated rings. The van der Waals surface area contributed by atoms with Crippen molar-refractivity contribution in [3.63, 3.8) is 0 Å². The van der Waals surface area contributed by atoms with Gasteiger partial charge in [-0.1, -0.05) is 6.07 Å². The summed E-state index contributed by atoms with van der Waals surface area (Å²) < 4.78 is 39.6. The number of imidazole rings is 1. The van der Waals surface area contributed by atoms with E-state index in [-0.39, 0.29) is 11.9 Å². The molecule has 7 nitrogen and oxygen atoms in total. The van der Waals surface area contributed by atoms with Gasteiger partial charge in [-0.15, -0.1) is 11.8 Å². The Morgan fingerprint density at radius 1 is 1.34 bits per heavy atom. The molecule has 3 aromatic rings. The summed E-state index contributed by atoms with van der Waals surface area (Å²) in [6.45, 7) is 1.14. The molecule has 2 aromatic heterocycles. The van der Waals surface area contributed by atoms with Crippen molar-refractivity contribution < 1.29 is 23.1 Å². The summed E-state index contributed by atoms with van der Waals surface area (Å²) in [5.74, 6) is -0.104. The number of thioether (sulfide) groups is 1. The fourth-order valence-electron chi connectivity index (χ4n) is 3.26. The zero-order chi connectivity index (χ0) is 23.0. The summed E-state index contributed by atoms with van der Waals surface area (Å²) in [5.41, 5.74) is 3.45. The number of aliphatic hydroxyl groups is 1. The van der Waals surface area contributed by atoms with Crippen molar-refractivity contribution in [2.75, 3.05) is 18.1 Å². The number of nitrogens with one attached hydrogen (secondary N) is 2. The summed E-state index contributed by atoms with van der Waals surface area (Å²) in [6.07, 6.45) is -1.83. The van der Waals surface area contributed by atoms with Crippen LogP contribution in [0.25, 0.3) is 16.9 Å². The van der Waals surface area contributed by atoms with Crippen molar-refractivity contribution >= 4 is 29.0 Å². The first kappa shape index (κ1) is 22.4. The summed E-state index contributed by atoms with van der Waals surface area (Å²) in [7, 11) is 0. The molecule has 170 valence electrons. The van der Waals surface area contributed by atoms with Crippen molar-refractivity contribution in [2.45, 2.75) is 43.1 Å². The maximum atomic E-state index is 12.7. The molecule has 1 aromatic carbocycles. The number of aliphatic hydroxyl groups excluding tert-OH is 1. The van der Waals surface area contributed by atoms with Gasteiger partial charge in [0, 0.05) is 23.7 Å². The normalized spacial score (nSPS) is 15.1. The predicted octanol–water partition coefficient (Wildman–Crippen LogP) is 3.65. The number of alkyl halides is 3. The quantitative estimate of drug-likeness (QED) is 0.462. The van der Waals surface area contributed by atoms with Crippen LogP contribution in [0.15, 0.2) is 35.5 Å². The number of rotatable bonds is 7. The van der Waals surface area contributed by atoms with Gasteiger partial charge in [-0.3, -0.25) is 4.79 Å². The molecule has 32 heavy (non-hydrogen) atoms. The molecule has 11 heteroatoms. The van der Waals surface area contributed by atoms with Crippen molar-refractivity contribution in [1.29, 1.82) is 0 Å². The van der Waals surface area contributed by atoms with E-state index in [0.29, 0.717) is 27.6 Å². The molecular weight excluding hydrogens is 443 g/mol. The van der Waals surface area contributed by atoms with Gasteiger partial charge in [0.2, 0.25) is 0 Å². The van der Waals surface area contributed by atoms with E-state index in [1.807, 2.05) is 13.0 Å². The van der Waals surface area contributed by atoms with Crippen LogP contribution in [0.2, 0.25) is 0 Å². The van der Waals surface area contributed by atoms with Crippen LogP contribution in [0.5, 0.6) is 0 Å². The van der Waals surface area contributed by atoms with Gasteiger partial charge in [0.1, 0.15) is 5.03 Å². The first-order valence-electron chi connectivity index (χ1n) is 10.0. The maximum absolute atomic E-state index is 12.7. The van der Waals surface area contributed by atoms with Crippen molar-refractivity contribution in [1.82, 2.24) is 19.9 Å². The summed E-state index contributed by atoms with van der Waals surface area (Å²) >= 11 is 1.33. The van der Waals surface area contributed by atoms with E-state index in [1.165, 1.54) is 11.8 Å². The van der Waals surface area contributed by atoms with Gasteiger partial charge in [-0.25, -0.2) is 9.50 Å². The fraction of sp³-hybridized carbons (Fsp3) is 0.381. The molecule has 1 amide bonds. The number of hydrogen-bond donors (Lipinski definition) is 3. The first-order chi connectivity index (χ1) is 15.2. The van der Waals surface area contributed by atoms with E-state index < -0.39 is 18.8 Å². The molecule has 0 spiro atoms. The van der Waals surface area contributed by atoms with Gasteiger partial charge in [0.25, 0.3) is 5.91 Å². The highest BCUT2D eigenvalue weighted by molar-refractivity contribution is 7.98. The van der Waals surface area contributed by atoms with E-state index in [0.717, 1.165) is 24.0 Å². The Kier molecular flexibility index (Phi) is 6.04. The Labute approximate surface area is 186 Å². The monoisotopic (exact) mass is 465 g/mol. The number of amides is 1. The number of aromatic nitrogens is 3. The molecule has 0 radical (unpaired) electrons. The number of halogens is 3. The summed E-state index contributed by atoms with van der Waals surface area (Å²) in [6, 6.07) is 7.26. The van der Waals surface area contributed by atoms with Gasteiger partial charge < -0.3 is 15.7 Å². The molecule has 1 saturated carbocycles. The highest BCUT2D eigenvalue weighted by atomic mass is 32.2. The fourth-order valence-corrected chi connectivity index (χ4v) is 3.66. The Balaban J connectivity index is 1.66. The molecular formula is C21H22F3N5O2S. The topological polar surface area (TPSA) is 91.5 Å². The molecule has 0 bridgehead atoms. The Hall–Kier alpha value is -2.79. The molecule has 1 aliphatic rings. The number of anilines is 1. The van der Waals surface area contributed by atoms with E-state index >= 15 is 0 Å². The van der Waals surface area contributed by atoms with Crippen molar-refractivity contribution in [3.8, 4) is 11.3 Å². The van der Waals surface area contributed by atoms with Gasteiger partial charge in [-0.2, -0.15) is 18.3 Å². The van der Waals surface area contributed by atoms with Gasteiger partial charge in [0.05, 0.1) is 17.6 Å². The molecule has 1 atom stereocenters. The van der Waals surface area contributed by atoms with Crippen LogP contribution in [-0.4, -0.2) is 56.7 Å². The molecule has 3 N–H and O–H groups in total. The van der Waals surface area contributed by atoms with E-state index in [4.69, 9.17) is 0 Å². The van der Waals surface area contributed by atoms with E-state index in [1.54, 1.807) is 35.2 Å². The third-order valence-corrected chi connectivity index (χ3v) is 5.82. The number of aryl methyl sites for hydroxylation is 1. The largest absolute Gasteiger partial charge is 0.416 e. The Morgan fingerprint density at radius 2 is 2.09 bits per heavy atom. The van der Waals surface area contributed by atoms with Gasteiger partial charge in [-0.05, 0) is 49.8 Å². The lowest BCUT2D eigenvalue weighted by atomic mass is 10.0. The lowest BCUT2D eigenvalue weighted by molar-refractivity contribution is -0.198. The molecule has 0 aliphatic heterocycles. The lowest BCUT2D eigenvalue weighted by Gasteiger charge is -2.16. The standard InChI is InChI=1S/C21H22F3N5O2S/c1-11-7-12(3-6-14(11)20(31)27-13-4-5-13)16-9-26-19-15(8-18(32-2)28-29(16)19)25-10-17(30)21(22,23)24/h3,6-9,13,17,25,30H,4-5,10H2,1-2H3,(H,27,31). The molecule has 0 saturated heterocycles. The minimum absolute atomic E-state index is 0.104. The third kappa shape index (κ3) is 4.68. The SMILES string of the molecule is CSc1cc(NCC(O)C(F)(F)F)c2ncc(-c3ccc(C(=O)NC4CC4)c(C)c3)n2n1. The number of benzene rings is 1. The lowest BCUT2D eigenvalue weighted by Crippen LogP contribution is -2.35. The number of nitrogens with zero attached hydrogens (tertiary/aromatic N) is 3. The van der Waals surface area contributed by atoms with Crippen LogP contribution in [-0.2, 0) is 0 Å². The maximum Gasteiger partial charge on any atom is 0.416 e. The second-order valence-electron chi connectivity index (χ2n) is 7.69. The van der Waals surface area contributed by atoms with Crippen LogP contribution >= 0.6 is 11.8 Å². The van der Waals surface area contributed by atoms with E-state index in [9.17, 15) is 23.1 Å². The molecule has 2 heterocycles. The van der Waals surface area contributed by atoms with Crippen LogP contribution in [0.1, 0.15) is 28.8 Å². The van der Waals surface area contributed by atoms with Crippen molar-refractivity contribution in [3.05, 3.63) is 41.6 Å². The number of hydrogen-bond acceptors (Lipinski definition) is 6. The third-order valence-electron chi connectivity index (χ3n) is 5.20. The van der Waals surface area contributed by atoms with Gasteiger partial charge in [0.15, 0.2) is 11.8 Å². The number of fused-ring (bicyclic) bond motifs is 1. The minimum atomic E-state index is -4.72. The average molecular weight is 466 g/mol. The zero-order valence-electron chi connectivity index (χ0n) is 17.4. The Morgan fingerprint density at radius 3 is 2.72 bits per heavy atom. The number of carbonyl (C=O) groups is 1. The molecule has 1 unspecified atom stereocenters. The van der Waals surface area contributed by atoms with Crippen LogP contribution in [0, 0.1) is 6.92 Å².